The second kappa shape index (κ2) is 7.75. The molecule has 1 heterocycles. The normalized spacial score (nSPS) is 15.3. The molecule has 0 aliphatic carbocycles. The van der Waals surface area contributed by atoms with E-state index >= 15 is 0 Å². The lowest BCUT2D eigenvalue weighted by atomic mass is 9.86. The van der Waals surface area contributed by atoms with Gasteiger partial charge in [-0.3, -0.25) is 4.98 Å². The minimum Gasteiger partial charge on any atom is -0.393 e. The number of rotatable bonds is 8. The third kappa shape index (κ3) is 6.49. The van der Waals surface area contributed by atoms with Crippen molar-refractivity contribution in [1.29, 1.82) is 0 Å². The van der Waals surface area contributed by atoms with Gasteiger partial charge in [0.25, 0.3) is 0 Å². The Labute approximate surface area is 123 Å². The Morgan fingerprint density at radius 2 is 1.95 bits per heavy atom. The first-order valence-electron chi connectivity index (χ1n) is 7.62. The standard InChI is InChI=1S/C17H30N2O/c1-13(2)10-16(15-8-6-7-9-18-15)19-12-17(4,5)11-14(3)20/h6-9,13-14,16,19-20H,10-12H2,1-5H3. The molecule has 2 unspecified atom stereocenters. The van der Waals surface area contributed by atoms with Crippen LogP contribution in [0, 0.1) is 11.3 Å². The van der Waals surface area contributed by atoms with Gasteiger partial charge in [0, 0.05) is 18.8 Å². The Balaban J connectivity index is 2.67. The Hall–Kier alpha value is -0.930. The molecule has 2 N–H and O–H groups in total. The third-order valence-corrected chi connectivity index (χ3v) is 3.43. The fourth-order valence-corrected chi connectivity index (χ4v) is 2.63. The summed E-state index contributed by atoms with van der Waals surface area (Å²) in [6.45, 7) is 11.6. The molecule has 20 heavy (non-hydrogen) atoms. The van der Waals surface area contributed by atoms with Crippen molar-refractivity contribution in [2.45, 2.75) is 59.6 Å². The van der Waals surface area contributed by atoms with Gasteiger partial charge >= 0.3 is 0 Å². The minimum absolute atomic E-state index is 0.0815. The van der Waals surface area contributed by atoms with Crippen LogP contribution in [0.15, 0.2) is 24.4 Å². The van der Waals surface area contributed by atoms with Crippen LogP contribution in [0.3, 0.4) is 0 Å². The van der Waals surface area contributed by atoms with Crippen molar-refractivity contribution in [3.63, 3.8) is 0 Å². The molecule has 1 rings (SSSR count). The Kier molecular flexibility index (Phi) is 6.63. The Bertz CT molecular complexity index is 374. The highest BCUT2D eigenvalue weighted by Gasteiger charge is 2.23. The summed E-state index contributed by atoms with van der Waals surface area (Å²) in [7, 11) is 0. The molecule has 1 aromatic heterocycles. The maximum atomic E-state index is 9.58. The van der Waals surface area contributed by atoms with E-state index in [0.717, 1.165) is 25.1 Å². The van der Waals surface area contributed by atoms with Crippen LogP contribution in [0.5, 0.6) is 0 Å². The quantitative estimate of drug-likeness (QED) is 0.764. The summed E-state index contributed by atoms with van der Waals surface area (Å²) in [5.41, 5.74) is 1.19. The fraction of sp³-hybridized carbons (Fsp3) is 0.706. The molecule has 0 aromatic carbocycles. The van der Waals surface area contributed by atoms with Gasteiger partial charge < -0.3 is 10.4 Å². The average molecular weight is 278 g/mol. The molecule has 0 radical (unpaired) electrons. The predicted molar refractivity (Wildman–Crippen MR) is 84.5 cm³/mol. The number of pyridine rings is 1. The van der Waals surface area contributed by atoms with Gasteiger partial charge in [0.2, 0.25) is 0 Å². The van der Waals surface area contributed by atoms with Gasteiger partial charge in [0.1, 0.15) is 0 Å². The molecule has 0 saturated heterocycles. The molecule has 114 valence electrons. The van der Waals surface area contributed by atoms with E-state index in [-0.39, 0.29) is 17.6 Å². The van der Waals surface area contributed by atoms with Crippen molar-refractivity contribution in [2.75, 3.05) is 6.54 Å². The molecule has 2 atom stereocenters. The zero-order valence-corrected chi connectivity index (χ0v) is 13.6. The first kappa shape index (κ1) is 17.1. The van der Waals surface area contributed by atoms with Crippen LogP contribution in [-0.4, -0.2) is 22.7 Å². The van der Waals surface area contributed by atoms with E-state index < -0.39 is 0 Å². The monoisotopic (exact) mass is 278 g/mol. The lowest BCUT2D eigenvalue weighted by Crippen LogP contribution is -2.35. The van der Waals surface area contributed by atoms with Gasteiger partial charge in [-0.1, -0.05) is 33.8 Å². The highest BCUT2D eigenvalue weighted by atomic mass is 16.3. The Morgan fingerprint density at radius 3 is 2.45 bits per heavy atom. The average Bonchev–Trinajstić information content (AvgIpc) is 2.33. The van der Waals surface area contributed by atoms with Crippen molar-refractivity contribution < 1.29 is 5.11 Å². The summed E-state index contributed by atoms with van der Waals surface area (Å²) in [4.78, 5) is 4.48. The molecule has 0 saturated carbocycles. The molecular formula is C17H30N2O. The fourth-order valence-electron chi connectivity index (χ4n) is 2.63. The Morgan fingerprint density at radius 1 is 1.25 bits per heavy atom. The highest BCUT2D eigenvalue weighted by molar-refractivity contribution is 5.09. The van der Waals surface area contributed by atoms with E-state index in [2.05, 4.69) is 44.1 Å². The van der Waals surface area contributed by atoms with Crippen LogP contribution in [-0.2, 0) is 0 Å². The van der Waals surface area contributed by atoms with Crippen LogP contribution < -0.4 is 5.32 Å². The second-order valence-corrected chi connectivity index (χ2v) is 7.03. The van der Waals surface area contributed by atoms with Crippen LogP contribution in [0.1, 0.15) is 59.2 Å². The van der Waals surface area contributed by atoms with Crippen molar-refractivity contribution in [3.05, 3.63) is 30.1 Å². The van der Waals surface area contributed by atoms with Gasteiger partial charge in [-0.15, -0.1) is 0 Å². The number of nitrogens with one attached hydrogen (secondary N) is 1. The summed E-state index contributed by atoms with van der Waals surface area (Å²) >= 11 is 0. The van der Waals surface area contributed by atoms with Gasteiger partial charge in [-0.05, 0) is 43.2 Å². The molecule has 0 bridgehead atoms. The smallest absolute Gasteiger partial charge is 0.0573 e. The first-order valence-corrected chi connectivity index (χ1v) is 7.62. The van der Waals surface area contributed by atoms with Gasteiger partial charge in [0.15, 0.2) is 0 Å². The van der Waals surface area contributed by atoms with E-state index in [4.69, 9.17) is 0 Å². The topological polar surface area (TPSA) is 45.1 Å². The lowest BCUT2D eigenvalue weighted by molar-refractivity contribution is 0.125. The van der Waals surface area contributed by atoms with Gasteiger partial charge in [0.05, 0.1) is 11.8 Å². The van der Waals surface area contributed by atoms with Crippen molar-refractivity contribution >= 4 is 0 Å². The molecule has 0 aliphatic heterocycles. The predicted octanol–water partition coefficient (Wildman–Crippen LogP) is 3.56. The number of aliphatic hydroxyl groups is 1. The lowest BCUT2D eigenvalue weighted by Gasteiger charge is -2.30. The van der Waals surface area contributed by atoms with Crippen molar-refractivity contribution in [3.8, 4) is 0 Å². The SMILES string of the molecule is CC(C)CC(NCC(C)(C)CC(C)O)c1ccccn1. The van der Waals surface area contributed by atoms with E-state index in [1.165, 1.54) is 0 Å². The molecule has 1 aromatic rings. The first-order chi connectivity index (χ1) is 9.30. The zero-order valence-electron chi connectivity index (χ0n) is 13.6. The van der Waals surface area contributed by atoms with Gasteiger partial charge in [-0.25, -0.2) is 0 Å². The van der Waals surface area contributed by atoms with Crippen molar-refractivity contribution in [2.24, 2.45) is 11.3 Å². The summed E-state index contributed by atoms with van der Waals surface area (Å²) in [5, 5.41) is 13.2. The maximum Gasteiger partial charge on any atom is 0.0573 e. The van der Waals surface area contributed by atoms with E-state index in [1.54, 1.807) is 0 Å². The number of aliphatic hydroxyl groups excluding tert-OH is 1. The van der Waals surface area contributed by atoms with Crippen molar-refractivity contribution in [1.82, 2.24) is 10.3 Å². The van der Waals surface area contributed by atoms with Gasteiger partial charge in [-0.2, -0.15) is 0 Å². The largest absolute Gasteiger partial charge is 0.393 e. The summed E-state index contributed by atoms with van der Waals surface area (Å²) < 4.78 is 0. The minimum atomic E-state index is -0.259. The number of hydrogen-bond acceptors (Lipinski definition) is 3. The van der Waals surface area contributed by atoms with Crippen LogP contribution in [0.4, 0.5) is 0 Å². The molecular weight excluding hydrogens is 248 g/mol. The molecule has 0 spiro atoms. The van der Waals surface area contributed by atoms with E-state index in [9.17, 15) is 5.11 Å². The third-order valence-electron chi connectivity index (χ3n) is 3.43. The van der Waals surface area contributed by atoms with E-state index in [1.807, 2.05) is 25.3 Å². The second-order valence-electron chi connectivity index (χ2n) is 7.03. The summed E-state index contributed by atoms with van der Waals surface area (Å²) in [6.07, 6.45) is 3.47. The maximum absolute atomic E-state index is 9.58. The molecule has 0 fully saturated rings. The zero-order chi connectivity index (χ0) is 15.2. The molecule has 3 nitrogen and oxygen atoms in total. The van der Waals surface area contributed by atoms with Crippen LogP contribution in [0.25, 0.3) is 0 Å². The summed E-state index contributed by atoms with van der Waals surface area (Å²) in [6, 6.07) is 6.36. The molecule has 0 amide bonds. The van der Waals surface area contributed by atoms with Crippen LogP contribution in [0.2, 0.25) is 0 Å². The number of aromatic nitrogens is 1. The highest BCUT2D eigenvalue weighted by Crippen LogP contribution is 2.25. The molecule has 3 heteroatoms. The molecule has 0 aliphatic rings. The number of hydrogen-bond donors (Lipinski definition) is 2. The van der Waals surface area contributed by atoms with E-state index in [0.29, 0.717) is 5.92 Å². The van der Waals surface area contributed by atoms with Crippen LogP contribution >= 0.6 is 0 Å². The summed E-state index contributed by atoms with van der Waals surface area (Å²) in [5.74, 6) is 0.620. The number of nitrogens with zero attached hydrogens (tertiary/aromatic N) is 1.